The van der Waals surface area contributed by atoms with Crippen molar-refractivity contribution in [2.24, 2.45) is 0 Å². The number of rotatable bonds is 3. The van der Waals surface area contributed by atoms with Gasteiger partial charge in [-0.05, 0) is 24.3 Å². The molecule has 1 aromatic carbocycles. The quantitative estimate of drug-likeness (QED) is 0.837. The van der Waals surface area contributed by atoms with E-state index in [-0.39, 0.29) is 12.4 Å². The molecule has 2 rings (SSSR count). The number of nitrogens with zero attached hydrogens (tertiary/aromatic N) is 1. The van der Waals surface area contributed by atoms with Crippen LogP contribution in [0.2, 0.25) is 0 Å². The average Bonchev–Trinajstić information content (AvgIpc) is 2.68. The first kappa shape index (κ1) is 9.86. The van der Waals surface area contributed by atoms with Gasteiger partial charge in [0.05, 0.1) is 12.8 Å². The molecule has 0 amide bonds. The Bertz CT molecular complexity index is 436. The number of hydrogen-bond donors (Lipinski definition) is 1. The Morgan fingerprint density at radius 1 is 1.27 bits per heavy atom. The van der Waals surface area contributed by atoms with Crippen molar-refractivity contribution in [3.8, 4) is 11.5 Å². The Morgan fingerprint density at radius 2 is 2.00 bits per heavy atom. The fraction of sp³-hybridized carbons (Fsp3) is 0.182. The summed E-state index contributed by atoms with van der Waals surface area (Å²) in [4.78, 5) is 4.03. The van der Waals surface area contributed by atoms with E-state index in [1.165, 1.54) is 12.1 Å². The Labute approximate surface area is 86.2 Å². The molecule has 0 atom stereocenters. The molecule has 0 bridgehead atoms. The van der Waals surface area contributed by atoms with E-state index < -0.39 is 0 Å². The molecular formula is C11H10FNO2. The minimum Gasteiger partial charge on any atom is -0.441 e. The van der Waals surface area contributed by atoms with Crippen molar-refractivity contribution in [1.29, 1.82) is 0 Å². The number of halogens is 1. The highest BCUT2D eigenvalue weighted by Gasteiger charge is 2.05. The molecule has 1 heterocycles. The Morgan fingerprint density at radius 3 is 2.67 bits per heavy atom. The number of aliphatic hydroxyl groups is 1. The molecule has 0 spiro atoms. The van der Waals surface area contributed by atoms with Crippen LogP contribution in [0.3, 0.4) is 0 Å². The predicted octanol–water partition coefficient (Wildman–Crippen LogP) is 2.02. The molecule has 0 unspecified atom stereocenters. The van der Waals surface area contributed by atoms with Crippen LogP contribution in [0.1, 0.15) is 5.76 Å². The summed E-state index contributed by atoms with van der Waals surface area (Å²) >= 11 is 0. The van der Waals surface area contributed by atoms with Gasteiger partial charge >= 0.3 is 0 Å². The molecule has 1 aromatic heterocycles. The fourth-order valence-electron chi connectivity index (χ4n) is 1.26. The third-order valence-electron chi connectivity index (χ3n) is 2.00. The molecule has 0 saturated heterocycles. The van der Waals surface area contributed by atoms with Crippen LogP contribution >= 0.6 is 0 Å². The second-order valence-corrected chi connectivity index (χ2v) is 3.11. The smallest absolute Gasteiger partial charge is 0.226 e. The van der Waals surface area contributed by atoms with Gasteiger partial charge in [-0.25, -0.2) is 9.37 Å². The zero-order valence-electron chi connectivity index (χ0n) is 7.98. The third-order valence-corrected chi connectivity index (χ3v) is 2.00. The summed E-state index contributed by atoms with van der Waals surface area (Å²) < 4.78 is 18.0. The lowest BCUT2D eigenvalue weighted by Crippen LogP contribution is -1.86. The minimum atomic E-state index is -0.291. The van der Waals surface area contributed by atoms with Crippen LogP contribution in [-0.2, 0) is 6.42 Å². The van der Waals surface area contributed by atoms with Crippen LogP contribution in [0, 0.1) is 5.82 Å². The summed E-state index contributed by atoms with van der Waals surface area (Å²) in [5.74, 6) is 0.774. The van der Waals surface area contributed by atoms with Crippen LogP contribution < -0.4 is 0 Å². The van der Waals surface area contributed by atoms with Crippen LogP contribution in [0.25, 0.3) is 11.5 Å². The van der Waals surface area contributed by atoms with E-state index in [4.69, 9.17) is 9.52 Å². The van der Waals surface area contributed by atoms with Gasteiger partial charge in [0.25, 0.3) is 0 Å². The lowest BCUT2D eigenvalue weighted by Gasteiger charge is -1.94. The Balaban J connectivity index is 2.25. The standard InChI is InChI=1S/C11H10FNO2/c12-9-3-1-8(2-4-9)11-13-7-10(15-11)5-6-14/h1-4,7,14H,5-6H2. The van der Waals surface area contributed by atoms with Gasteiger partial charge < -0.3 is 9.52 Å². The van der Waals surface area contributed by atoms with E-state index in [2.05, 4.69) is 4.98 Å². The molecule has 4 heteroatoms. The van der Waals surface area contributed by atoms with Crippen LogP contribution in [0.4, 0.5) is 4.39 Å². The van der Waals surface area contributed by atoms with E-state index in [0.29, 0.717) is 18.1 Å². The highest BCUT2D eigenvalue weighted by molar-refractivity contribution is 5.52. The molecule has 78 valence electrons. The van der Waals surface area contributed by atoms with E-state index in [9.17, 15) is 4.39 Å². The van der Waals surface area contributed by atoms with Crippen molar-refractivity contribution in [1.82, 2.24) is 4.98 Å². The molecule has 0 radical (unpaired) electrons. The van der Waals surface area contributed by atoms with E-state index >= 15 is 0 Å². The van der Waals surface area contributed by atoms with E-state index in [0.717, 1.165) is 5.56 Å². The molecule has 2 aromatic rings. The van der Waals surface area contributed by atoms with Crippen molar-refractivity contribution < 1.29 is 13.9 Å². The fourth-order valence-corrected chi connectivity index (χ4v) is 1.26. The van der Waals surface area contributed by atoms with E-state index in [1.807, 2.05) is 0 Å². The summed E-state index contributed by atoms with van der Waals surface area (Å²) in [6, 6.07) is 5.91. The lowest BCUT2D eigenvalue weighted by molar-refractivity contribution is 0.288. The van der Waals surface area contributed by atoms with Crippen molar-refractivity contribution in [3.05, 3.63) is 42.0 Å². The zero-order chi connectivity index (χ0) is 10.7. The molecule has 0 fully saturated rings. The first-order valence-corrected chi connectivity index (χ1v) is 4.61. The Kier molecular flexibility index (Phi) is 2.78. The Hall–Kier alpha value is -1.68. The third kappa shape index (κ3) is 2.22. The van der Waals surface area contributed by atoms with Crippen LogP contribution in [0.5, 0.6) is 0 Å². The summed E-state index contributed by atoms with van der Waals surface area (Å²) in [5, 5.41) is 8.70. The molecule has 0 aliphatic rings. The van der Waals surface area contributed by atoms with Gasteiger partial charge in [-0.2, -0.15) is 0 Å². The first-order chi connectivity index (χ1) is 7.29. The van der Waals surface area contributed by atoms with Gasteiger partial charge in [-0.1, -0.05) is 0 Å². The maximum Gasteiger partial charge on any atom is 0.226 e. The van der Waals surface area contributed by atoms with Crippen LogP contribution in [0.15, 0.2) is 34.9 Å². The topological polar surface area (TPSA) is 46.3 Å². The number of aromatic nitrogens is 1. The summed E-state index contributed by atoms with van der Waals surface area (Å²) in [6.07, 6.45) is 2.00. The lowest BCUT2D eigenvalue weighted by atomic mass is 10.2. The summed E-state index contributed by atoms with van der Waals surface area (Å²) in [5.41, 5.74) is 0.723. The highest BCUT2D eigenvalue weighted by Crippen LogP contribution is 2.19. The molecule has 0 saturated carbocycles. The minimum absolute atomic E-state index is 0.0258. The molecule has 3 nitrogen and oxygen atoms in total. The number of aliphatic hydroxyl groups excluding tert-OH is 1. The molecule has 15 heavy (non-hydrogen) atoms. The SMILES string of the molecule is OCCc1cnc(-c2ccc(F)cc2)o1. The van der Waals surface area contributed by atoms with Crippen molar-refractivity contribution >= 4 is 0 Å². The van der Waals surface area contributed by atoms with Crippen LogP contribution in [-0.4, -0.2) is 16.7 Å². The number of oxazole rings is 1. The zero-order valence-corrected chi connectivity index (χ0v) is 7.98. The molecule has 0 aliphatic heterocycles. The van der Waals surface area contributed by atoms with Gasteiger partial charge in [0.1, 0.15) is 11.6 Å². The van der Waals surface area contributed by atoms with Crippen molar-refractivity contribution in [3.63, 3.8) is 0 Å². The largest absolute Gasteiger partial charge is 0.441 e. The highest BCUT2D eigenvalue weighted by atomic mass is 19.1. The van der Waals surface area contributed by atoms with Crippen molar-refractivity contribution in [2.75, 3.05) is 6.61 Å². The van der Waals surface area contributed by atoms with Crippen molar-refractivity contribution in [2.45, 2.75) is 6.42 Å². The maximum atomic E-state index is 12.6. The summed E-state index contributed by atoms with van der Waals surface area (Å²) in [7, 11) is 0. The van der Waals surface area contributed by atoms with Gasteiger partial charge in [0.2, 0.25) is 5.89 Å². The normalized spacial score (nSPS) is 10.5. The van der Waals surface area contributed by atoms with Gasteiger partial charge in [-0.3, -0.25) is 0 Å². The molecule has 1 N–H and O–H groups in total. The number of benzene rings is 1. The van der Waals surface area contributed by atoms with E-state index in [1.54, 1.807) is 18.3 Å². The number of hydrogen-bond acceptors (Lipinski definition) is 3. The second kappa shape index (κ2) is 4.23. The predicted molar refractivity (Wildman–Crippen MR) is 52.7 cm³/mol. The first-order valence-electron chi connectivity index (χ1n) is 4.61. The van der Waals surface area contributed by atoms with Gasteiger partial charge in [0.15, 0.2) is 0 Å². The molecule has 0 aliphatic carbocycles. The monoisotopic (exact) mass is 207 g/mol. The maximum absolute atomic E-state index is 12.6. The summed E-state index contributed by atoms with van der Waals surface area (Å²) in [6.45, 7) is 0.0258. The van der Waals surface area contributed by atoms with Gasteiger partial charge in [-0.15, -0.1) is 0 Å². The second-order valence-electron chi connectivity index (χ2n) is 3.11. The average molecular weight is 207 g/mol. The van der Waals surface area contributed by atoms with Gasteiger partial charge in [0, 0.05) is 12.0 Å². The molecular weight excluding hydrogens is 197 g/mol.